The molecule has 1 aromatic heterocycles. The number of aryl methyl sites for hydroxylation is 3. The minimum Gasteiger partial charge on any atom is -0.260 e. The van der Waals surface area contributed by atoms with Gasteiger partial charge in [-0.3, -0.25) is 4.98 Å². The van der Waals surface area contributed by atoms with Crippen LogP contribution in [0.4, 0.5) is 0 Å². The van der Waals surface area contributed by atoms with Crippen molar-refractivity contribution in [3.8, 4) is 0 Å². The van der Waals surface area contributed by atoms with E-state index in [-0.39, 0.29) is 6.54 Å². The van der Waals surface area contributed by atoms with Crippen molar-refractivity contribution in [3.63, 3.8) is 0 Å². The van der Waals surface area contributed by atoms with Crippen molar-refractivity contribution in [1.82, 2.24) is 9.29 Å². The van der Waals surface area contributed by atoms with Crippen molar-refractivity contribution in [2.75, 3.05) is 6.54 Å². The van der Waals surface area contributed by atoms with Gasteiger partial charge in [-0.1, -0.05) is 54.1 Å². The van der Waals surface area contributed by atoms with Crippen LogP contribution in [0.2, 0.25) is 0 Å². The van der Waals surface area contributed by atoms with Crippen molar-refractivity contribution >= 4 is 10.0 Å². The molecule has 0 unspecified atom stereocenters. The second-order valence-electron chi connectivity index (χ2n) is 7.12. The van der Waals surface area contributed by atoms with Gasteiger partial charge >= 0.3 is 0 Å². The normalized spacial score (nSPS) is 11.7. The smallest absolute Gasteiger partial charge is 0.243 e. The minimum atomic E-state index is -3.65. The summed E-state index contributed by atoms with van der Waals surface area (Å²) < 4.78 is 28.8. The Hall–Kier alpha value is -2.50. The topological polar surface area (TPSA) is 50.3 Å². The summed E-state index contributed by atoms with van der Waals surface area (Å²) in [6, 6.07) is 19.4. The van der Waals surface area contributed by atoms with Crippen molar-refractivity contribution in [2.24, 2.45) is 0 Å². The average Bonchev–Trinajstić information content (AvgIpc) is 2.65. The Bertz CT molecular complexity index is 1010. The van der Waals surface area contributed by atoms with E-state index in [9.17, 15) is 8.42 Å². The first kappa shape index (κ1) is 20.2. The Balaban J connectivity index is 1.97. The van der Waals surface area contributed by atoms with Gasteiger partial charge in [0.15, 0.2) is 0 Å². The molecule has 0 spiro atoms. The maximum atomic E-state index is 13.6. The number of benzene rings is 2. The van der Waals surface area contributed by atoms with E-state index in [0.717, 1.165) is 27.9 Å². The first-order chi connectivity index (χ1) is 13.4. The van der Waals surface area contributed by atoms with Gasteiger partial charge in [0.2, 0.25) is 10.0 Å². The van der Waals surface area contributed by atoms with E-state index in [2.05, 4.69) is 4.98 Å². The Morgan fingerprint density at radius 1 is 0.893 bits per heavy atom. The van der Waals surface area contributed by atoms with Crippen LogP contribution in [0.3, 0.4) is 0 Å². The van der Waals surface area contributed by atoms with Crippen LogP contribution in [0.1, 0.15) is 27.9 Å². The van der Waals surface area contributed by atoms with E-state index in [1.807, 2.05) is 81.4 Å². The summed E-state index contributed by atoms with van der Waals surface area (Å²) in [6.45, 7) is 6.36. The molecular weight excluding hydrogens is 368 g/mol. The SMILES string of the molecule is Cc1cc(C)c(S(=O)(=O)N(CCc2ccccc2)Cc2ccccn2)c(C)c1. The lowest BCUT2D eigenvalue weighted by molar-refractivity contribution is 0.404. The maximum absolute atomic E-state index is 13.6. The third-order valence-electron chi connectivity index (χ3n) is 4.76. The van der Waals surface area contributed by atoms with Gasteiger partial charge < -0.3 is 0 Å². The molecule has 0 aliphatic carbocycles. The quantitative estimate of drug-likeness (QED) is 0.595. The van der Waals surface area contributed by atoms with E-state index in [1.165, 1.54) is 0 Å². The van der Waals surface area contributed by atoms with E-state index in [4.69, 9.17) is 0 Å². The summed E-state index contributed by atoms with van der Waals surface area (Å²) in [5.74, 6) is 0. The van der Waals surface area contributed by atoms with E-state index >= 15 is 0 Å². The molecule has 0 radical (unpaired) electrons. The minimum absolute atomic E-state index is 0.253. The van der Waals surface area contributed by atoms with Gasteiger partial charge in [0.1, 0.15) is 0 Å². The summed E-state index contributed by atoms with van der Waals surface area (Å²) in [7, 11) is -3.65. The van der Waals surface area contributed by atoms with Crippen molar-refractivity contribution < 1.29 is 8.42 Å². The average molecular weight is 395 g/mol. The highest BCUT2D eigenvalue weighted by Crippen LogP contribution is 2.26. The summed E-state index contributed by atoms with van der Waals surface area (Å²) in [6.07, 6.45) is 2.34. The van der Waals surface area contributed by atoms with Crippen molar-refractivity contribution in [1.29, 1.82) is 0 Å². The van der Waals surface area contributed by atoms with Gasteiger partial charge in [-0.25, -0.2) is 8.42 Å². The van der Waals surface area contributed by atoms with E-state index in [1.54, 1.807) is 10.5 Å². The van der Waals surface area contributed by atoms with Gasteiger partial charge in [0.25, 0.3) is 0 Å². The molecule has 0 aliphatic heterocycles. The van der Waals surface area contributed by atoms with Gasteiger partial charge in [-0.05, 0) is 56.0 Å². The number of pyridine rings is 1. The lowest BCUT2D eigenvalue weighted by Gasteiger charge is -2.24. The summed E-state index contributed by atoms with van der Waals surface area (Å²) in [5, 5.41) is 0. The molecule has 0 saturated heterocycles. The summed E-state index contributed by atoms with van der Waals surface area (Å²) >= 11 is 0. The van der Waals surface area contributed by atoms with Gasteiger partial charge in [-0.2, -0.15) is 4.31 Å². The number of rotatable bonds is 7. The number of nitrogens with zero attached hydrogens (tertiary/aromatic N) is 2. The third-order valence-corrected chi connectivity index (χ3v) is 6.91. The van der Waals surface area contributed by atoms with Crippen LogP contribution in [0.15, 0.2) is 71.8 Å². The van der Waals surface area contributed by atoms with Gasteiger partial charge in [-0.15, -0.1) is 0 Å². The van der Waals surface area contributed by atoms with E-state index < -0.39 is 10.0 Å². The Kier molecular flexibility index (Phi) is 6.27. The maximum Gasteiger partial charge on any atom is 0.243 e. The van der Waals surface area contributed by atoms with Crippen LogP contribution in [-0.4, -0.2) is 24.3 Å². The third kappa shape index (κ3) is 4.66. The molecule has 4 nitrogen and oxygen atoms in total. The molecule has 0 N–H and O–H groups in total. The molecule has 2 aromatic carbocycles. The number of hydrogen-bond donors (Lipinski definition) is 0. The molecule has 28 heavy (non-hydrogen) atoms. The van der Waals surface area contributed by atoms with Crippen LogP contribution >= 0.6 is 0 Å². The van der Waals surface area contributed by atoms with Crippen LogP contribution in [0.25, 0.3) is 0 Å². The molecule has 5 heteroatoms. The highest BCUT2D eigenvalue weighted by atomic mass is 32.2. The fourth-order valence-electron chi connectivity index (χ4n) is 3.56. The van der Waals surface area contributed by atoms with Crippen LogP contribution in [0, 0.1) is 20.8 Å². The van der Waals surface area contributed by atoms with Crippen LogP contribution in [0.5, 0.6) is 0 Å². The molecule has 0 aliphatic rings. The Labute approximate surface area is 167 Å². The van der Waals surface area contributed by atoms with Crippen LogP contribution in [-0.2, 0) is 23.0 Å². The van der Waals surface area contributed by atoms with Gasteiger partial charge in [0.05, 0.1) is 17.1 Å². The molecule has 0 fully saturated rings. The second kappa shape index (κ2) is 8.67. The molecule has 0 bridgehead atoms. The lowest BCUT2D eigenvalue weighted by atomic mass is 10.1. The largest absolute Gasteiger partial charge is 0.260 e. The molecule has 3 rings (SSSR count). The zero-order valence-electron chi connectivity index (χ0n) is 16.6. The Morgan fingerprint density at radius 2 is 1.54 bits per heavy atom. The molecule has 1 heterocycles. The number of aromatic nitrogens is 1. The predicted octanol–water partition coefficient (Wildman–Crippen LogP) is 4.44. The fraction of sp³-hybridized carbons (Fsp3) is 0.261. The molecule has 3 aromatic rings. The van der Waals surface area contributed by atoms with Crippen LogP contribution < -0.4 is 0 Å². The molecular formula is C23H26N2O2S. The van der Waals surface area contributed by atoms with Crippen molar-refractivity contribution in [3.05, 3.63) is 94.8 Å². The predicted molar refractivity (Wildman–Crippen MR) is 113 cm³/mol. The summed E-state index contributed by atoms with van der Waals surface area (Å²) in [4.78, 5) is 4.74. The first-order valence-electron chi connectivity index (χ1n) is 9.40. The monoisotopic (exact) mass is 394 g/mol. The first-order valence-corrected chi connectivity index (χ1v) is 10.8. The number of sulfonamides is 1. The Morgan fingerprint density at radius 3 is 2.14 bits per heavy atom. The van der Waals surface area contributed by atoms with Crippen molar-refractivity contribution in [2.45, 2.75) is 38.6 Å². The number of hydrogen-bond acceptors (Lipinski definition) is 3. The summed E-state index contributed by atoms with van der Waals surface area (Å²) in [5.41, 5.74) is 4.48. The molecule has 0 amide bonds. The van der Waals surface area contributed by atoms with E-state index in [0.29, 0.717) is 17.9 Å². The molecule has 0 atom stereocenters. The standard InChI is InChI=1S/C23H26N2O2S/c1-18-15-19(2)23(20(3)16-18)28(26,27)25(17-22-11-7-8-13-24-22)14-12-21-9-5-4-6-10-21/h4-11,13,15-16H,12,14,17H2,1-3H3. The highest BCUT2D eigenvalue weighted by molar-refractivity contribution is 7.89. The lowest BCUT2D eigenvalue weighted by Crippen LogP contribution is -2.33. The molecule has 146 valence electrons. The molecule has 0 saturated carbocycles. The zero-order valence-corrected chi connectivity index (χ0v) is 17.4. The highest BCUT2D eigenvalue weighted by Gasteiger charge is 2.28. The van der Waals surface area contributed by atoms with Gasteiger partial charge in [0, 0.05) is 12.7 Å². The second-order valence-corrected chi connectivity index (χ2v) is 9.00. The zero-order chi connectivity index (χ0) is 20.1. The fourth-order valence-corrected chi connectivity index (χ4v) is 5.38.